The van der Waals surface area contributed by atoms with Crippen LogP contribution in [0, 0.1) is 0 Å². The van der Waals surface area contributed by atoms with E-state index in [0.29, 0.717) is 5.69 Å². The maximum absolute atomic E-state index is 12.4. The highest BCUT2D eigenvalue weighted by atomic mass is 32.1. The number of hydrogen-bond donors (Lipinski definition) is 3. The van der Waals surface area contributed by atoms with E-state index < -0.39 is 12.8 Å². The normalized spacial score (nSPS) is 10.8. The Morgan fingerprint density at radius 3 is 2.62 bits per heavy atom. The average Bonchev–Trinajstić information content (AvgIpc) is 3.13. The van der Waals surface area contributed by atoms with E-state index in [0.717, 1.165) is 20.8 Å². The number of aromatic nitrogens is 1. The number of phenols is 2. The maximum atomic E-state index is 12.4. The second-order valence-corrected chi connectivity index (χ2v) is 7.17. The van der Waals surface area contributed by atoms with Crippen molar-refractivity contribution in [2.75, 3.05) is 12.2 Å². The number of hydrogen-bond acceptors (Lipinski definition) is 6. The van der Waals surface area contributed by atoms with E-state index in [-0.39, 0.29) is 22.8 Å². The van der Waals surface area contributed by atoms with Gasteiger partial charge in [0, 0.05) is 11.3 Å². The molecule has 29 heavy (non-hydrogen) atoms. The molecule has 0 aliphatic rings. The molecule has 0 saturated carbocycles. The highest BCUT2D eigenvalue weighted by molar-refractivity contribution is 7.21. The van der Waals surface area contributed by atoms with Crippen LogP contribution < -0.4 is 10.1 Å². The topological polar surface area (TPSA) is 91.7 Å². The number of carbonyl (C=O) groups is 1. The Hall–Kier alpha value is -3.65. The van der Waals surface area contributed by atoms with Gasteiger partial charge >= 0.3 is 0 Å². The number of amides is 1. The van der Waals surface area contributed by atoms with Gasteiger partial charge in [-0.15, -0.1) is 11.3 Å². The molecule has 4 rings (SSSR count). The number of benzene rings is 3. The van der Waals surface area contributed by atoms with Crippen LogP contribution in [0.15, 0.2) is 60.7 Å². The Bertz CT molecular complexity index is 1190. The van der Waals surface area contributed by atoms with E-state index in [4.69, 9.17) is 4.74 Å². The van der Waals surface area contributed by atoms with Crippen LogP contribution in [-0.2, 0) is 0 Å². The van der Waals surface area contributed by atoms with Crippen molar-refractivity contribution in [3.8, 4) is 27.8 Å². The lowest BCUT2D eigenvalue weighted by molar-refractivity contribution is 0.102. The maximum Gasteiger partial charge on any atom is 0.259 e. The fraction of sp³-hybridized carbons (Fsp3) is 0.0476. The Labute approximate surface area is 168 Å². The third-order valence-corrected chi connectivity index (χ3v) is 5.26. The van der Waals surface area contributed by atoms with Crippen LogP contribution in [0.2, 0.25) is 0 Å². The summed E-state index contributed by atoms with van der Waals surface area (Å²) in [5.41, 5.74) is 2.16. The van der Waals surface area contributed by atoms with Gasteiger partial charge in [-0.25, -0.2) is 9.37 Å². The summed E-state index contributed by atoms with van der Waals surface area (Å²) < 4.78 is 17.9. The number of thiazole rings is 1. The summed E-state index contributed by atoms with van der Waals surface area (Å²) >= 11 is 1.45. The number of halogens is 1. The van der Waals surface area contributed by atoms with Gasteiger partial charge in [-0.1, -0.05) is 0 Å². The lowest BCUT2D eigenvalue weighted by Gasteiger charge is -2.09. The molecule has 146 valence electrons. The molecule has 0 unspecified atom stereocenters. The molecule has 0 saturated heterocycles. The van der Waals surface area contributed by atoms with Gasteiger partial charge in [-0.2, -0.15) is 0 Å². The molecule has 3 N–H and O–H groups in total. The molecule has 3 aromatic carbocycles. The monoisotopic (exact) mass is 410 g/mol. The van der Waals surface area contributed by atoms with Crippen molar-refractivity contribution in [3.63, 3.8) is 0 Å². The van der Waals surface area contributed by atoms with Crippen molar-refractivity contribution in [1.82, 2.24) is 4.98 Å². The first-order valence-electron chi connectivity index (χ1n) is 8.56. The summed E-state index contributed by atoms with van der Waals surface area (Å²) in [4.78, 5) is 17.0. The molecule has 0 atom stereocenters. The van der Waals surface area contributed by atoms with Crippen LogP contribution in [0.4, 0.5) is 10.1 Å². The predicted molar refractivity (Wildman–Crippen MR) is 109 cm³/mol. The van der Waals surface area contributed by atoms with Gasteiger partial charge in [0.2, 0.25) is 6.86 Å². The fourth-order valence-electron chi connectivity index (χ4n) is 2.78. The molecule has 8 heteroatoms. The molecule has 0 aliphatic heterocycles. The second-order valence-electron chi connectivity index (χ2n) is 6.13. The molecule has 0 fully saturated rings. The summed E-state index contributed by atoms with van der Waals surface area (Å²) in [7, 11) is 0. The van der Waals surface area contributed by atoms with Gasteiger partial charge < -0.3 is 20.3 Å². The number of nitrogens with one attached hydrogen (secondary N) is 1. The molecule has 0 spiro atoms. The highest BCUT2D eigenvalue weighted by Crippen LogP contribution is 2.32. The van der Waals surface area contributed by atoms with Crippen molar-refractivity contribution in [3.05, 3.63) is 66.2 Å². The van der Waals surface area contributed by atoms with E-state index in [1.165, 1.54) is 29.5 Å². The number of phenolic OH excluding ortho intramolecular Hbond substituents is 2. The Kier molecular flexibility index (Phi) is 5.01. The van der Waals surface area contributed by atoms with Gasteiger partial charge in [0.05, 0.1) is 15.8 Å². The summed E-state index contributed by atoms with van der Waals surface area (Å²) in [5, 5.41) is 23.0. The van der Waals surface area contributed by atoms with E-state index >= 15 is 0 Å². The highest BCUT2D eigenvalue weighted by Gasteiger charge is 2.14. The number of rotatable bonds is 5. The quantitative estimate of drug-likeness (QED) is 0.434. The number of alkyl halides is 1. The van der Waals surface area contributed by atoms with Gasteiger partial charge in [-0.3, -0.25) is 4.79 Å². The van der Waals surface area contributed by atoms with Crippen molar-refractivity contribution in [2.45, 2.75) is 0 Å². The van der Waals surface area contributed by atoms with E-state index in [2.05, 4.69) is 10.3 Å². The molecule has 0 radical (unpaired) electrons. The molecule has 1 aromatic heterocycles. The van der Waals surface area contributed by atoms with E-state index in [9.17, 15) is 19.4 Å². The van der Waals surface area contributed by atoms with Crippen LogP contribution in [0.5, 0.6) is 17.2 Å². The number of ether oxygens (including phenoxy) is 1. The minimum Gasteiger partial charge on any atom is -0.508 e. The molecule has 0 bridgehead atoms. The Balaban J connectivity index is 1.53. The van der Waals surface area contributed by atoms with Crippen LogP contribution in [-0.4, -0.2) is 28.0 Å². The van der Waals surface area contributed by atoms with Gasteiger partial charge in [-0.05, 0) is 60.7 Å². The lowest BCUT2D eigenvalue weighted by atomic mass is 10.1. The lowest BCUT2D eigenvalue weighted by Crippen LogP contribution is -2.12. The largest absolute Gasteiger partial charge is 0.508 e. The molecule has 4 aromatic rings. The first-order valence-corrected chi connectivity index (χ1v) is 9.38. The Morgan fingerprint density at radius 2 is 1.86 bits per heavy atom. The minimum atomic E-state index is -1.03. The van der Waals surface area contributed by atoms with Crippen LogP contribution in [0.25, 0.3) is 20.8 Å². The van der Waals surface area contributed by atoms with Crippen LogP contribution >= 0.6 is 11.3 Å². The molecular formula is C21H15FN2O4S. The fourth-order valence-corrected chi connectivity index (χ4v) is 3.79. The first-order chi connectivity index (χ1) is 14.0. The number of fused-ring (bicyclic) bond motifs is 1. The van der Waals surface area contributed by atoms with Crippen molar-refractivity contribution in [2.24, 2.45) is 0 Å². The molecular weight excluding hydrogens is 395 g/mol. The van der Waals surface area contributed by atoms with Crippen LogP contribution in [0.3, 0.4) is 0 Å². The van der Waals surface area contributed by atoms with Gasteiger partial charge in [0.25, 0.3) is 5.91 Å². The second kappa shape index (κ2) is 7.76. The standard InChI is InChI=1S/C21H15FN2O4S/c22-11-28-15-6-8-18(26)16(10-15)20(27)23-13-3-1-12(2-4-13)21-24-17-7-5-14(25)9-19(17)29-21/h1-10,25-26H,11H2,(H,23,27). The number of nitrogens with zero attached hydrogens (tertiary/aromatic N) is 1. The zero-order valence-corrected chi connectivity index (χ0v) is 15.7. The first kappa shape index (κ1) is 18.7. The predicted octanol–water partition coefficient (Wildman–Crippen LogP) is 4.93. The van der Waals surface area contributed by atoms with Gasteiger partial charge in [0.1, 0.15) is 22.3 Å². The molecule has 0 aliphatic carbocycles. The summed E-state index contributed by atoms with van der Waals surface area (Å²) in [5.74, 6) is -0.444. The van der Waals surface area contributed by atoms with Crippen molar-refractivity contribution < 1.29 is 24.1 Å². The van der Waals surface area contributed by atoms with Crippen molar-refractivity contribution in [1.29, 1.82) is 0 Å². The third-order valence-electron chi connectivity index (χ3n) is 4.20. The number of anilines is 1. The summed E-state index contributed by atoms with van der Waals surface area (Å²) in [6.07, 6.45) is 0. The molecule has 1 heterocycles. The average molecular weight is 410 g/mol. The number of carbonyl (C=O) groups excluding carboxylic acids is 1. The number of aromatic hydroxyl groups is 2. The summed E-state index contributed by atoms with van der Waals surface area (Å²) in [6, 6.07) is 16.0. The zero-order chi connectivity index (χ0) is 20.4. The Morgan fingerprint density at radius 1 is 1.07 bits per heavy atom. The molecule has 6 nitrogen and oxygen atoms in total. The van der Waals surface area contributed by atoms with E-state index in [1.54, 1.807) is 30.3 Å². The van der Waals surface area contributed by atoms with Crippen molar-refractivity contribution >= 4 is 33.1 Å². The minimum absolute atomic E-state index is 0.0222. The van der Waals surface area contributed by atoms with E-state index in [1.807, 2.05) is 12.1 Å². The SMILES string of the molecule is O=C(Nc1ccc(-c2nc3ccc(O)cc3s2)cc1)c1cc(OCF)ccc1O. The summed E-state index contributed by atoms with van der Waals surface area (Å²) in [6.45, 7) is -1.03. The third kappa shape index (κ3) is 3.97. The van der Waals surface area contributed by atoms with Crippen LogP contribution in [0.1, 0.15) is 10.4 Å². The molecule has 1 amide bonds. The smallest absolute Gasteiger partial charge is 0.259 e. The van der Waals surface area contributed by atoms with Gasteiger partial charge in [0.15, 0.2) is 0 Å². The zero-order valence-electron chi connectivity index (χ0n) is 14.9.